The first-order chi connectivity index (χ1) is 12.6. The highest BCUT2D eigenvalue weighted by Crippen LogP contribution is 2.23. The lowest BCUT2D eigenvalue weighted by molar-refractivity contribution is 0.0835. The lowest BCUT2D eigenvalue weighted by atomic mass is 9.89. The first kappa shape index (κ1) is 18.7. The van der Waals surface area contributed by atoms with Crippen LogP contribution >= 0.6 is 11.6 Å². The topological polar surface area (TPSA) is 29.5 Å². The van der Waals surface area contributed by atoms with E-state index >= 15 is 0 Å². The third-order valence-corrected chi connectivity index (χ3v) is 4.85. The number of ketones is 1. The average molecular weight is 370 g/mol. The van der Waals surface area contributed by atoms with Gasteiger partial charge in [-0.2, -0.15) is 0 Å². The van der Waals surface area contributed by atoms with Gasteiger partial charge in [-0.05, 0) is 43.6 Å². The molecule has 0 bridgehead atoms. The molecule has 3 rings (SSSR count). The van der Waals surface area contributed by atoms with Crippen molar-refractivity contribution in [3.8, 4) is 5.75 Å². The smallest absolute Gasteiger partial charge is 0.166 e. The van der Waals surface area contributed by atoms with E-state index in [1.54, 1.807) is 0 Å². The minimum Gasteiger partial charge on any atom is -0.488 e. The summed E-state index contributed by atoms with van der Waals surface area (Å²) in [7, 11) is 0. The van der Waals surface area contributed by atoms with E-state index in [0.29, 0.717) is 11.6 Å². The summed E-state index contributed by atoms with van der Waals surface area (Å²) in [5.41, 5.74) is 2.08. The molecule has 26 heavy (non-hydrogen) atoms. The van der Waals surface area contributed by atoms with Gasteiger partial charge < -0.3 is 4.74 Å². The minimum atomic E-state index is 0.146. The molecule has 2 aromatic carbocycles. The Balaban J connectivity index is 1.48. The first-order valence-corrected chi connectivity index (χ1v) is 9.36. The number of carbonyl (C=O) groups is 1. The number of carbonyl (C=O) groups excluding carboxylic acids is 1. The number of likely N-dealkylation sites (tertiary alicyclic amines) is 1. The van der Waals surface area contributed by atoms with Gasteiger partial charge in [0.05, 0.1) is 0 Å². The largest absolute Gasteiger partial charge is 0.488 e. The van der Waals surface area contributed by atoms with Gasteiger partial charge in [0.15, 0.2) is 5.78 Å². The Kier molecular flexibility index (Phi) is 6.48. The molecule has 0 aliphatic carbocycles. The number of rotatable bonds is 7. The SMILES string of the molecule is C=C(Cl)COc1ccc(CN2CCC(C(=O)c3ccccc3)CC2)cc1. The van der Waals surface area contributed by atoms with Gasteiger partial charge in [-0.3, -0.25) is 9.69 Å². The van der Waals surface area contributed by atoms with Crippen LogP contribution in [-0.4, -0.2) is 30.4 Å². The Morgan fingerprint density at radius 3 is 2.35 bits per heavy atom. The number of hydrogen-bond acceptors (Lipinski definition) is 3. The number of benzene rings is 2. The Bertz CT molecular complexity index is 734. The molecule has 3 nitrogen and oxygen atoms in total. The molecule has 2 aromatic rings. The zero-order chi connectivity index (χ0) is 18.4. The van der Waals surface area contributed by atoms with Crippen molar-refractivity contribution >= 4 is 17.4 Å². The van der Waals surface area contributed by atoms with Gasteiger partial charge in [0, 0.05) is 23.1 Å². The first-order valence-electron chi connectivity index (χ1n) is 8.98. The zero-order valence-corrected chi connectivity index (χ0v) is 15.6. The van der Waals surface area contributed by atoms with E-state index in [9.17, 15) is 4.79 Å². The second-order valence-corrected chi connectivity index (χ2v) is 7.27. The van der Waals surface area contributed by atoms with Crippen LogP contribution in [0.3, 0.4) is 0 Å². The highest BCUT2D eigenvalue weighted by molar-refractivity contribution is 6.29. The van der Waals surface area contributed by atoms with Crippen molar-refractivity contribution in [3.63, 3.8) is 0 Å². The molecule has 1 saturated heterocycles. The molecular formula is C22H24ClNO2. The van der Waals surface area contributed by atoms with Crippen molar-refractivity contribution in [2.75, 3.05) is 19.7 Å². The van der Waals surface area contributed by atoms with Crippen LogP contribution in [0.4, 0.5) is 0 Å². The Morgan fingerprint density at radius 1 is 1.08 bits per heavy atom. The average Bonchev–Trinajstić information content (AvgIpc) is 2.68. The molecule has 1 heterocycles. The predicted molar refractivity (Wildman–Crippen MR) is 106 cm³/mol. The highest BCUT2D eigenvalue weighted by Gasteiger charge is 2.25. The zero-order valence-electron chi connectivity index (χ0n) is 14.9. The van der Waals surface area contributed by atoms with Gasteiger partial charge in [0.1, 0.15) is 12.4 Å². The van der Waals surface area contributed by atoms with Crippen LogP contribution in [0.5, 0.6) is 5.75 Å². The molecule has 0 spiro atoms. The molecule has 4 heteroatoms. The summed E-state index contributed by atoms with van der Waals surface area (Å²) in [6.07, 6.45) is 1.85. The summed E-state index contributed by atoms with van der Waals surface area (Å²) in [5, 5.41) is 0.488. The summed E-state index contributed by atoms with van der Waals surface area (Å²) in [6, 6.07) is 17.7. The molecule has 1 fully saturated rings. The van der Waals surface area contributed by atoms with Crippen LogP contribution in [0.1, 0.15) is 28.8 Å². The van der Waals surface area contributed by atoms with Crippen LogP contribution in [0, 0.1) is 5.92 Å². The lowest BCUT2D eigenvalue weighted by Gasteiger charge is -2.31. The van der Waals surface area contributed by atoms with E-state index in [4.69, 9.17) is 16.3 Å². The summed E-state index contributed by atoms with van der Waals surface area (Å²) < 4.78 is 5.51. The normalized spacial score (nSPS) is 15.6. The minimum absolute atomic E-state index is 0.146. The number of halogens is 1. The second-order valence-electron chi connectivity index (χ2n) is 6.73. The highest BCUT2D eigenvalue weighted by atomic mass is 35.5. The lowest BCUT2D eigenvalue weighted by Crippen LogP contribution is -2.35. The fourth-order valence-electron chi connectivity index (χ4n) is 3.30. The predicted octanol–water partition coefficient (Wildman–Crippen LogP) is 4.91. The Morgan fingerprint density at radius 2 is 1.73 bits per heavy atom. The van der Waals surface area contributed by atoms with Crippen LogP contribution in [0.2, 0.25) is 0 Å². The summed E-state index contributed by atoms with van der Waals surface area (Å²) in [4.78, 5) is 15.0. The summed E-state index contributed by atoms with van der Waals surface area (Å²) in [5.74, 6) is 1.23. The van der Waals surface area contributed by atoms with E-state index in [1.165, 1.54) is 5.56 Å². The molecule has 0 radical (unpaired) electrons. The van der Waals surface area contributed by atoms with Crippen LogP contribution in [0.15, 0.2) is 66.2 Å². The van der Waals surface area contributed by atoms with Gasteiger partial charge in [-0.25, -0.2) is 0 Å². The fourth-order valence-corrected chi connectivity index (χ4v) is 3.36. The number of ether oxygens (including phenoxy) is 1. The van der Waals surface area contributed by atoms with E-state index in [-0.39, 0.29) is 11.7 Å². The number of nitrogens with zero attached hydrogens (tertiary/aromatic N) is 1. The molecule has 0 N–H and O–H groups in total. The van der Waals surface area contributed by atoms with Gasteiger partial charge in [-0.1, -0.05) is 60.6 Å². The summed E-state index contributed by atoms with van der Waals surface area (Å²) in [6.45, 7) is 6.74. The molecule has 0 atom stereocenters. The molecule has 0 amide bonds. The van der Waals surface area contributed by atoms with Crippen molar-refractivity contribution in [1.29, 1.82) is 0 Å². The van der Waals surface area contributed by atoms with Gasteiger partial charge in [0.2, 0.25) is 0 Å². The maximum Gasteiger partial charge on any atom is 0.166 e. The Hall–Kier alpha value is -2.10. The standard InChI is InChI=1S/C22H24ClNO2/c1-17(23)16-26-21-9-7-18(8-10-21)15-24-13-11-20(12-14-24)22(25)19-5-3-2-4-6-19/h2-10,20H,1,11-16H2. The van der Waals surface area contributed by atoms with Crippen LogP contribution in [0.25, 0.3) is 0 Å². The third kappa shape index (κ3) is 5.20. The fraction of sp³-hybridized carbons (Fsp3) is 0.318. The van der Waals surface area contributed by atoms with Crippen molar-refractivity contribution in [2.45, 2.75) is 19.4 Å². The maximum absolute atomic E-state index is 12.6. The van der Waals surface area contributed by atoms with E-state index in [1.807, 2.05) is 42.5 Å². The molecule has 1 aliphatic heterocycles. The van der Waals surface area contributed by atoms with Crippen molar-refractivity contribution < 1.29 is 9.53 Å². The van der Waals surface area contributed by atoms with Crippen molar-refractivity contribution in [1.82, 2.24) is 4.90 Å². The molecule has 136 valence electrons. The molecule has 1 aliphatic rings. The van der Waals surface area contributed by atoms with E-state index in [2.05, 4.69) is 23.6 Å². The molecule has 0 unspecified atom stereocenters. The molecule has 0 aromatic heterocycles. The number of Topliss-reactive ketones (excluding diaryl/α,β-unsaturated/α-hetero) is 1. The van der Waals surface area contributed by atoms with Crippen LogP contribution in [-0.2, 0) is 6.54 Å². The van der Waals surface area contributed by atoms with Crippen LogP contribution < -0.4 is 4.74 Å². The number of piperidine rings is 1. The molecule has 0 saturated carbocycles. The summed E-state index contributed by atoms with van der Waals surface area (Å²) >= 11 is 5.71. The number of hydrogen-bond donors (Lipinski definition) is 0. The van der Waals surface area contributed by atoms with Gasteiger partial charge in [-0.15, -0.1) is 0 Å². The van der Waals surface area contributed by atoms with Gasteiger partial charge >= 0.3 is 0 Å². The maximum atomic E-state index is 12.6. The Labute approximate surface area is 160 Å². The molecular weight excluding hydrogens is 346 g/mol. The van der Waals surface area contributed by atoms with E-state index in [0.717, 1.165) is 43.8 Å². The second kappa shape index (κ2) is 9.02. The third-order valence-electron chi connectivity index (χ3n) is 4.74. The van der Waals surface area contributed by atoms with Gasteiger partial charge in [0.25, 0.3) is 0 Å². The quantitative estimate of drug-likeness (QED) is 0.649. The van der Waals surface area contributed by atoms with Crippen molar-refractivity contribution in [3.05, 3.63) is 77.3 Å². The van der Waals surface area contributed by atoms with E-state index < -0.39 is 0 Å². The monoisotopic (exact) mass is 369 g/mol. The van der Waals surface area contributed by atoms with Crippen molar-refractivity contribution in [2.24, 2.45) is 5.92 Å².